The first-order valence-corrected chi connectivity index (χ1v) is 8.84. The number of hydrogen-bond acceptors (Lipinski definition) is 5. The molecule has 0 spiro atoms. The molecule has 0 aliphatic carbocycles. The highest BCUT2D eigenvalue weighted by molar-refractivity contribution is 7.16. The number of methoxy groups -OCH3 is 2. The second kappa shape index (κ2) is 7.53. The number of aromatic nitrogens is 1. The Balaban J connectivity index is 2.13. The average molecular weight is 370 g/mol. The van der Waals surface area contributed by atoms with E-state index in [0.29, 0.717) is 28.2 Å². The van der Waals surface area contributed by atoms with E-state index in [2.05, 4.69) is 4.99 Å². The van der Waals surface area contributed by atoms with E-state index in [9.17, 15) is 9.59 Å². The topological polar surface area (TPSA) is 69.9 Å². The number of rotatable bonds is 4. The first-order valence-electron chi connectivity index (χ1n) is 8.02. The molecule has 0 aliphatic rings. The number of ether oxygens (including phenoxy) is 2. The molecule has 1 heterocycles. The van der Waals surface area contributed by atoms with Crippen molar-refractivity contribution in [2.24, 2.45) is 4.99 Å². The Kier molecular flexibility index (Phi) is 5.18. The first kappa shape index (κ1) is 17.9. The molecule has 134 valence electrons. The molecule has 7 heteroatoms. The molecule has 0 saturated carbocycles. The van der Waals surface area contributed by atoms with Crippen molar-refractivity contribution in [3.63, 3.8) is 0 Å². The number of fused-ring (bicyclic) bond motifs is 1. The standard InChI is InChI=1S/C19H18N2O4S/c1-4-21-14-10-9-12(18(23)25-3)11-16(14)26-19(21)20-17(22)13-7-5-6-8-15(13)24-2/h5-11H,4H2,1-3H3. The predicted molar refractivity (Wildman–Crippen MR) is 99.7 cm³/mol. The number of amides is 1. The summed E-state index contributed by atoms with van der Waals surface area (Å²) in [7, 11) is 2.87. The second-order valence-corrected chi connectivity index (χ2v) is 6.43. The van der Waals surface area contributed by atoms with Crippen molar-refractivity contribution in [1.82, 2.24) is 4.57 Å². The zero-order chi connectivity index (χ0) is 18.7. The van der Waals surface area contributed by atoms with Crippen LogP contribution < -0.4 is 9.54 Å². The van der Waals surface area contributed by atoms with Crippen LogP contribution in [0.1, 0.15) is 27.6 Å². The normalized spacial score (nSPS) is 11.6. The molecule has 1 amide bonds. The van der Waals surface area contributed by atoms with Crippen LogP contribution in [0.3, 0.4) is 0 Å². The van der Waals surface area contributed by atoms with Crippen LogP contribution in [0.25, 0.3) is 10.2 Å². The van der Waals surface area contributed by atoms with Gasteiger partial charge in [0.15, 0.2) is 4.80 Å². The maximum absolute atomic E-state index is 12.6. The smallest absolute Gasteiger partial charge is 0.337 e. The molecule has 0 unspecified atom stereocenters. The Labute approximate surface area is 154 Å². The van der Waals surface area contributed by atoms with Gasteiger partial charge in [0, 0.05) is 6.54 Å². The number of aryl methyl sites for hydroxylation is 1. The van der Waals surface area contributed by atoms with Crippen molar-refractivity contribution in [2.75, 3.05) is 14.2 Å². The average Bonchev–Trinajstić information content (AvgIpc) is 3.03. The lowest BCUT2D eigenvalue weighted by Gasteiger charge is -2.04. The van der Waals surface area contributed by atoms with E-state index < -0.39 is 5.97 Å². The molecule has 1 aromatic heterocycles. The van der Waals surface area contributed by atoms with Crippen molar-refractivity contribution >= 4 is 33.4 Å². The molecule has 0 N–H and O–H groups in total. The van der Waals surface area contributed by atoms with Crippen molar-refractivity contribution in [1.29, 1.82) is 0 Å². The van der Waals surface area contributed by atoms with Gasteiger partial charge in [0.25, 0.3) is 5.91 Å². The van der Waals surface area contributed by atoms with Crippen molar-refractivity contribution in [2.45, 2.75) is 13.5 Å². The first-order chi connectivity index (χ1) is 12.6. The molecule has 0 bridgehead atoms. The van der Waals surface area contributed by atoms with Crippen LogP contribution >= 0.6 is 11.3 Å². The number of thiazole rings is 1. The minimum absolute atomic E-state index is 0.371. The number of esters is 1. The Bertz CT molecular complexity index is 1050. The van der Waals surface area contributed by atoms with Gasteiger partial charge in [0.05, 0.1) is 35.6 Å². The van der Waals surface area contributed by atoms with E-state index in [-0.39, 0.29) is 5.91 Å². The van der Waals surface area contributed by atoms with E-state index in [1.165, 1.54) is 25.6 Å². The summed E-state index contributed by atoms with van der Waals surface area (Å²) >= 11 is 1.35. The lowest BCUT2D eigenvalue weighted by Crippen LogP contribution is -2.16. The van der Waals surface area contributed by atoms with Gasteiger partial charge in [-0.25, -0.2) is 4.79 Å². The molecular formula is C19H18N2O4S. The zero-order valence-corrected chi connectivity index (χ0v) is 15.5. The van der Waals surface area contributed by atoms with E-state index in [1.807, 2.05) is 17.6 Å². The fraction of sp³-hybridized carbons (Fsp3) is 0.211. The van der Waals surface area contributed by atoms with Crippen molar-refractivity contribution < 1.29 is 19.1 Å². The summed E-state index contributed by atoms with van der Waals surface area (Å²) in [5.74, 6) is -0.283. The molecule has 6 nitrogen and oxygen atoms in total. The van der Waals surface area contributed by atoms with Gasteiger partial charge in [-0.3, -0.25) is 4.79 Å². The minimum Gasteiger partial charge on any atom is -0.496 e. The minimum atomic E-state index is -0.396. The maximum Gasteiger partial charge on any atom is 0.337 e. The third kappa shape index (κ3) is 3.25. The van der Waals surface area contributed by atoms with Crippen LogP contribution in [0.4, 0.5) is 0 Å². The van der Waals surface area contributed by atoms with E-state index in [0.717, 1.165) is 10.2 Å². The summed E-state index contributed by atoms with van der Waals surface area (Å²) in [5.41, 5.74) is 1.79. The van der Waals surface area contributed by atoms with Gasteiger partial charge in [-0.1, -0.05) is 23.5 Å². The van der Waals surface area contributed by atoms with Crippen LogP contribution in [-0.2, 0) is 11.3 Å². The SMILES string of the molecule is CCn1c(=NC(=O)c2ccccc2OC)sc2cc(C(=O)OC)ccc21. The van der Waals surface area contributed by atoms with Crippen LogP contribution in [0, 0.1) is 0 Å². The third-order valence-corrected chi connectivity index (χ3v) is 5.00. The number of nitrogens with zero attached hydrogens (tertiary/aromatic N) is 2. The molecule has 3 rings (SSSR count). The third-order valence-electron chi connectivity index (χ3n) is 3.95. The summed E-state index contributed by atoms with van der Waals surface area (Å²) in [6.45, 7) is 2.63. The van der Waals surface area contributed by atoms with Gasteiger partial charge < -0.3 is 14.0 Å². The molecule has 3 aromatic rings. The Morgan fingerprint density at radius 3 is 2.62 bits per heavy atom. The highest BCUT2D eigenvalue weighted by atomic mass is 32.1. The molecule has 2 aromatic carbocycles. The van der Waals surface area contributed by atoms with Crippen LogP contribution in [0.5, 0.6) is 5.75 Å². The molecule has 26 heavy (non-hydrogen) atoms. The number of benzene rings is 2. The van der Waals surface area contributed by atoms with Crippen LogP contribution in [0.15, 0.2) is 47.5 Å². The largest absolute Gasteiger partial charge is 0.496 e. The maximum atomic E-state index is 12.6. The quantitative estimate of drug-likeness (QED) is 0.661. The van der Waals surface area contributed by atoms with E-state index in [1.54, 1.807) is 36.4 Å². The second-order valence-electron chi connectivity index (χ2n) is 5.42. The van der Waals surface area contributed by atoms with Gasteiger partial charge in [0.1, 0.15) is 5.75 Å². The summed E-state index contributed by atoms with van der Waals surface area (Å²) in [6, 6.07) is 12.3. The summed E-state index contributed by atoms with van der Waals surface area (Å²) in [5, 5.41) is 0. The van der Waals surface area contributed by atoms with Gasteiger partial charge in [-0.15, -0.1) is 0 Å². The Hall–Kier alpha value is -2.93. The summed E-state index contributed by atoms with van der Waals surface area (Å²) < 4.78 is 12.8. The van der Waals surface area contributed by atoms with Crippen molar-refractivity contribution in [3.05, 3.63) is 58.4 Å². The monoisotopic (exact) mass is 370 g/mol. The van der Waals surface area contributed by atoms with Gasteiger partial charge in [0.2, 0.25) is 0 Å². The van der Waals surface area contributed by atoms with Gasteiger partial charge in [-0.2, -0.15) is 4.99 Å². The molecular weight excluding hydrogens is 352 g/mol. The molecule has 0 radical (unpaired) electrons. The van der Waals surface area contributed by atoms with Gasteiger partial charge >= 0.3 is 5.97 Å². The predicted octanol–water partition coefficient (Wildman–Crippen LogP) is 3.26. The van der Waals surface area contributed by atoms with E-state index >= 15 is 0 Å². The Morgan fingerprint density at radius 2 is 1.92 bits per heavy atom. The lowest BCUT2D eigenvalue weighted by atomic mass is 10.2. The van der Waals surface area contributed by atoms with E-state index in [4.69, 9.17) is 9.47 Å². The summed E-state index contributed by atoms with van der Waals surface area (Å²) in [4.78, 5) is 29.2. The molecule has 0 saturated heterocycles. The highest BCUT2D eigenvalue weighted by Crippen LogP contribution is 2.21. The number of hydrogen-bond donors (Lipinski definition) is 0. The van der Waals surface area contributed by atoms with Gasteiger partial charge in [-0.05, 0) is 37.3 Å². The number of carbonyl (C=O) groups is 2. The lowest BCUT2D eigenvalue weighted by molar-refractivity contribution is 0.0601. The molecule has 0 aliphatic heterocycles. The molecule has 0 atom stereocenters. The number of carbonyl (C=O) groups excluding carboxylic acids is 2. The summed E-state index contributed by atoms with van der Waals surface area (Å²) in [6.07, 6.45) is 0. The molecule has 0 fully saturated rings. The zero-order valence-electron chi connectivity index (χ0n) is 14.7. The highest BCUT2D eigenvalue weighted by Gasteiger charge is 2.14. The van der Waals surface area contributed by atoms with Crippen molar-refractivity contribution in [3.8, 4) is 5.75 Å². The van der Waals surface area contributed by atoms with Crippen LogP contribution in [0.2, 0.25) is 0 Å². The number of para-hydroxylation sites is 1. The van der Waals surface area contributed by atoms with Crippen LogP contribution in [-0.4, -0.2) is 30.7 Å². The Morgan fingerprint density at radius 1 is 1.15 bits per heavy atom. The fourth-order valence-corrected chi connectivity index (χ4v) is 3.81. The fourth-order valence-electron chi connectivity index (χ4n) is 2.68.